The maximum Gasteiger partial charge on any atom is 0.264 e. The van der Waals surface area contributed by atoms with Crippen molar-refractivity contribution in [2.45, 2.75) is 12.1 Å². The minimum Gasteiger partial charge on any atom is -0.497 e. The number of thioether (sulfide) groups is 1. The lowest BCUT2D eigenvalue weighted by Crippen LogP contribution is -2.17. The second kappa shape index (κ2) is 10.0. The highest BCUT2D eigenvalue weighted by molar-refractivity contribution is 7.99. The van der Waals surface area contributed by atoms with Crippen molar-refractivity contribution < 1.29 is 9.53 Å². The molecule has 9 nitrogen and oxygen atoms in total. The van der Waals surface area contributed by atoms with E-state index in [1.807, 2.05) is 73.7 Å². The Bertz CT molecular complexity index is 1300. The molecule has 4 aromatic rings. The number of fused-ring (bicyclic) bond motifs is 1. The van der Waals surface area contributed by atoms with Crippen LogP contribution in [0.2, 0.25) is 0 Å². The van der Waals surface area contributed by atoms with Gasteiger partial charge in [-0.15, -0.1) is 10.2 Å². The third kappa shape index (κ3) is 5.24. The van der Waals surface area contributed by atoms with Crippen molar-refractivity contribution in [1.29, 1.82) is 0 Å². The maximum atomic E-state index is 12.5. The van der Waals surface area contributed by atoms with Gasteiger partial charge in [-0.05, 0) is 48.2 Å². The number of nitrogens with zero attached hydrogens (tertiary/aromatic N) is 4. The van der Waals surface area contributed by atoms with E-state index in [0.29, 0.717) is 5.16 Å². The molecule has 0 saturated carbocycles. The Morgan fingerprint density at radius 2 is 1.85 bits per heavy atom. The third-order valence-electron chi connectivity index (χ3n) is 4.89. The van der Waals surface area contributed by atoms with Gasteiger partial charge < -0.3 is 15.9 Å². The lowest BCUT2D eigenvalue weighted by Gasteiger charge is -2.08. The SMILES string of the molecule is COc1ccc(/C(C)=N/Nc2nnc(SCC(=O)Nc3cccc4ccccc34)n2N)cc1. The van der Waals surface area contributed by atoms with Crippen molar-refractivity contribution in [1.82, 2.24) is 14.9 Å². The first-order chi connectivity index (χ1) is 16.0. The van der Waals surface area contributed by atoms with Gasteiger partial charge in [-0.3, -0.25) is 4.79 Å². The Labute approximate surface area is 195 Å². The van der Waals surface area contributed by atoms with E-state index >= 15 is 0 Å². The van der Waals surface area contributed by atoms with Crippen molar-refractivity contribution in [3.63, 3.8) is 0 Å². The Hall–Kier alpha value is -4.05. The van der Waals surface area contributed by atoms with E-state index in [1.165, 1.54) is 16.4 Å². The number of aromatic nitrogens is 3. The molecule has 33 heavy (non-hydrogen) atoms. The smallest absolute Gasteiger partial charge is 0.264 e. The van der Waals surface area contributed by atoms with Gasteiger partial charge in [-0.1, -0.05) is 48.2 Å². The molecule has 4 rings (SSSR count). The van der Waals surface area contributed by atoms with E-state index in [2.05, 4.69) is 26.0 Å². The van der Waals surface area contributed by atoms with Crippen molar-refractivity contribution in [2.75, 3.05) is 29.4 Å². The molecule has 0 bridgehead atoms. The summed E-state index contributed by atoms with van der Waals surface area (Å²) >= 11 is 1.19. The Kier molecular flexibility index (Phi) is 6.75. The molecule has 1 aromatic heterocycles. The third-order valence-corrected chi connectivity index (χ3v) is 5.84. The average molecular weight is 462 g/mol. The van der Waals surface area contributed by atoms with Crippen LogP contribution in [0.5, 0.6) is 5.75 Å². The van der Waals surface area contributed by atoms with Gasteiger partial charge in [0.15, 0.2) is 0 Å². The molecule has 0 aliphatic carbocycles. The van der Waals surface area contributed by atoms with E-state index in [1.54, 1.807) is 7.11 Å². The molecule has 0 saturated heterocycles. The molecule has 1 heterocycles. The summed E-state index contributed by atoms with van der Waals surface area (Å²) in [6.07, 6.45) is 0. The summed E-state index contributed by atoms with van der Waals surface area (Å²) in [5.74, 6) is 7.07. The number of carbonyl (C=O) groups excluding carboxylic acids is 1. The highest BCUT2D eigenvalue weighted by Crippen LogP contribution is 2.24. The predicted molar refractivity (Wildman–Crippen MR) is 132 cm³/mol. The van der Waals surface area contributed by atoms with Gasteiger partial charge in [0.2, 0.25) is 11.1 Å². The molecule has 0 atom stereocenters. The van der Waals surface area contributed by atoms with Crippen LogP contribution in [0.3, 0.4) is 0 Å². The minimum absolute atomic E-state index is 0.132. The molecule has 4 N–H and O–H groups in total. The molecule has 0 fully saturated rings. The zero-order chi connectivity index (χ0) is 23.2. The molecule has 10 heteroatoms. The molecule has 0 aliphatic heterocycles. The highest BCUT2D eigenvalue weighted by atomic mass is 32.2. The number of rotatable bonds is 8. The summed E-state index contributed by atoms with van der Waals surface area (Å²) < 4.78 is 6.43. The van der Waals surface area contributed by atoms with E-state index in [-0.39, 0.29) is 17.6 Å². The number of benzene rings is 3. The molecule has 1 amide bonds. The predicted octanol–water partition coefficient (Wildman–Crippen LogP) is 3.72. The fourth-order valence-electron chi connectivity index (χ4n) is 3.13. The number of hydrazone groups is 1. The summed E-state index contributed by atoms with van der Waals surface area (Å²) in [7, 11) is 1.62. The van der Waals surface area contributed by atoms with Crippen LogP contribution in [0.25, 0.3) is 10.8 Å². The molecule has 0 unspecified atom stereocenters. The van der Waals surface area contributed by atoms with Crippen LogP contribution < -0.4 is 21.3 Å². The second-order valence-corrected chi connectivity index (χ2v) is 8.02. The van der Waals surface area contributed by atoms with E-state index in [4.69, 9.17) is 10.6 Å². The molecule has 0 radical (unpaired) electrons. The van der Waals surface area contributed by atoms with Gasteiger partial charge in [0.25, 0.3) is 5.95 Å². The van der Waals surface area contributed by atoms with Crippen LogP contribution in [-0.2, 0) is 4.79 Å². The quantitative estimate of drug-likeness (QED) is 0.158. The zero-order valence-electron chi connectivity index (χ0n) is 18.1. The maximum absolute atomic E-state index is 12.5. The summed E-state index contributed by atoms with van der Waals surface area (Å²) in [5, 5.41) is 17.7. The van der Waals surface area contributed by atoms with Gasteiger partial charge in [0.05, 0.1) is 18.6 Å². The Balaban J connectivity index is 1.36. The fraction of sp³-hybridized carbons (Fsp3) is 0.130. The van der Waals surface area contributed by atoms with Crippen molar-refractivity contribution >= 4 is 45.8 Å². The molecular formula is C23H23N7O2S. The van der Waals surface area contributed by atoms with Crippen LogP contribution in [0.4, 0.5) is 11.6 Å². The number of nitrogen functional groups attached to an aromatic ring is 1. The fourth-order valence-corrected chi connectivity index (χ4v) is 3.79. The number of carbonyl (C=O) groups is 1. The number of nitrogens with two attached hydrogens (primary N) is 1. The largest absolute Gasteiger partial charge is 0.497 e. The number of anilines is 2. The second-order valence-electron chi connectivity index (χ2n) is 7.08. The molecule has 0 aliphatic rings. The average Bonchev–Trinajstić information content (AvgIpc) is 3.20. The molecule has 3 aromatic carbocycles. The van der Waals surface area contributed by atoms with Crippen molar-refractivity contribution in [3.05, 3.63) is 72.3 Å². The first-order valence-electron chi connectivity index (χ1n) is 10.1. The summed E-state index contributed by atoms with van der Waals surface area (Å²) in [5.41, 5.74) is 5.24. The number of ether oxygens (including phenoxy) is 1. The first-order valence-corrected chi connectivity index (χ1v) is 11.1. The number of hydrogen-bond donors (Lipinski definition) is 3. The highest BCUT2D eigenvalue weighted by Gasteiger charge is 2.13. The summed E-state index contributed by atoms with van der Waals surface area (Å²) in [6.45, 7) is 1.86. The molecule has 168 valence electrons. The minimum atomic E-state index is -0.165. The molecule has 0 spiro atoms. The standard InChI is InChI=1S/C23H23N7O2S/c1-15(16-10-12-18(32-2)13-11-16)26-27-22-28-29-23(30(22)24)33-14-21(31)25-20-9-5-7-17-6-3-4-8-19(17)20/h3-13H,14,24H2,1-2H3,(H,25,31)(H,27,28)/b26-15+. The van der Waals surface area contributed by atoms with E-state index in [9.17, 15) is 4.79 Å². The van der Waals surface area contributed by atoms with Gasteiger partial charge in [-0.2, -0.15) is 5.10 Å². The van der Waals surface area contributed by atoms with Gasteiger partial charge >= 0.3 is 0 Å². The first kappa shape index (κ1) is 22.2. The number of hydrogen-bond acceptors (Lipinski definition) is 8. The number of amides is 1. The van der Waals surface area contributed by atoms with Crippen LogP contribution in [-0.4, -0.2) is 39.4 Å². The van der Waals surface area contributed by atoms with Crippen molar-refractivity contribution in [2.24, 2.45) is 5.10 Å². The lowest BCUT2D eigenvalue weighted by molar-refractivity contribution is -0.113. The number of nitrogens with one attached hydrogen (secondary N) is 2. The Morgan fingerprint density at radius 1 is 1.09 bits per heavy atom. The number of methoxy groups -OCH3 is 1. The van der Waals surface area contributed by atoms with Gasteiger partial charge in [-0.25, -0.2) is 10.1 Å². The summed E-state index contributed by atoms with van der Waals surface area (Å²) in [6, 6.07) is 21.2. The molecular weight excluding hydrogens is 438 g/mol. The van der Waals surface area contributed by atoms with E-state index < -0.39 is 0 Å². The lowest BCUT2D eigenvalue weighted by atomic mass is 10.1. The van der Waals surface area contributed by atoms with Crippen LogP contribution in [0, 0.1) is 0 Å². The summed E-state index contributed by atoms with van der Waals surface area (Å²) in [4.78, 5) is 12.5. The van der Waals surface area contributed by atoms with Crippen LogP contribution in [0.15, 0.2) is 77.0 Å². The monoisotopic (exact) mass is 461 g/mol. The van der Waals surface area contributed by atoms with Crippen LogP contribution in [0.1, 0.15) is 12.5 Å². The van der Waals surface area contributed by atoms with Crippen molar-refractivity contribution in [3.8, 4) is 5.75 Å². The zero-order valence-corrected chi connectivity index (χ0v) is 19.0. The van der Waals surface area contributed by atoms with Gasteiger partial charge in [0, 0.05) is 11.1 Å². The van der Waals surface area contributed by atoms with E-state index in [0.717, 1.165) is 33.5 Å². The van der Waals surface area contributed by atoms with Gasteiger partial charge in [0.1, 0.15) is 5.75 Å². The van der Waals surface area contributed by atoms with Crippen LogP contribution >= 0.6 is 11.8 Å². The topological polar surface area (TPSA) is 119 Å². The Morgan fingerprint density at radius 3 is 2.64 bits per heavy atom. The normalized spacial score (nSPS) is 11.4.